The van der Waals surface area contributed by atoms with Crippen LogP contribution in [0.25, 0.3) is 0 Å². The smallest absolute Gasteiger partial charge is 0.252 e. The average molecular weight is 163 g/mol. The van der Waals surface area contributed by atoms with Crippen molar-refractivity contribution in [1.29, 1.82) is 0 Å². The molecule has 0 bridgehead atoms. The van der Waals surface area contributed by atoms with Crippen LogP contribution in [0.3, 0.4) is 0 Å². The molecule has 5 heteroatoms. The zero-order valence-corrected chi connectivity index (χ0v) is 6.10. The van der Waals surface area contributed by atoms with E-state index in [1.807, 2.05) is 0 Å². The minimum Gasteiger partial charge on any atom is -0.259 e. The second-order valence-corrected chi connectivity index (χ2v) is 2.51. The molecule has 0 N–H and O–H groups in total. The van der Waals surface area contributed by atoms with Gasteiger partial charge in [-0.15, -0.1) is 0 Å². The third-order valence-corrected chi connectivity index (χ3v) is 1.75. The van der Waals surface area contributed by atoms with Crippen LogP contribution in [0.5, 0.6) is 0 Å². The third-order valence-electron chi connectivity index (χ3n) is 1.75. The molecule has 0 fully saturated rings. The van der Waals surface area contributed by atoms with Crippen molar-refractivity contribution < 1.29 is 4.92 Å². The molecule has 1 aliphatic carbocycles. The second-order valence-electron chi connectivity index (χ2n) is 2.51. The molecule has 2 aliphatic rings. The first kappa shape index (κ1) is 6.90. The highest BCUT2D eigenvalue weighted by Gasteiger charge is 2.22. The minimum absolute atomic E-state index is 0.169. The van der Waals surface area contributed by atoms with Gasteiger partial charge < -0.3 is 0 Å². The number of rotatable bonds is 1. The van der Waals surface area contributed by atoms with Crippen molar-refractivity contribution in [2.45, 2.75) is 6.42 Å². The van der Waals surface area contributed by atoms with Crippen LogP contribution in [-0.2, 0) is 0 Å². The molecule has 0 amide bonds. The molecule has 12 heavy (non-hydrogen) atoms. The number of allylic oxidation sites excluding steroid dienone is 4. The molecule has 0 spiro atoms. The van der Waals surface area contributed by atoms with Crippen molar-refractivity contribution in [1.82, 2.24) is 0 Å². The van der Waals surface area contributed by atoms with Crippen LogP contribution >= 0.6 is 0 Å². The van der Waals surface area contributed by atoms with Gasteiger partial charge in [-0.05, 0) is 6.08 Å². The van der Waals surface area contributed by atoms with Crippen molar-refractivity contribution in [3.63, 3.8) is 0 Å². The van der Waals surface area contributed by atoms with E-state index in [0.29, 0.717) is 5.71 Å². The quantitative estimate of drug-likeness (QED) is 0.426. The highest BCUT2D eigenvalue weighted by Crippen LogP contribution is 2.18. The first-order valence-corrected chi connectivity index (χ1v) is 3.43. The van der Waals surface area contributed by atoms with E-state index in [9.17, 15) is 10.1 Å². The Morgan fingerprint density at radius 3 is 3.08 bits per heavy atom. The Kier molecular flexibility index (Phi) is 1.36. The van der Waals surface area contributed by atoms with Gasteiger partial charge in [0, 0.05) is 11.6 Å². The van der Waals surface area contributed by atoms with Gasteiger partial charge in [0.2, 0.25) is 0 Å². The lowest BCUT2D eigenvalue weighted by atomic mass is 10.0. The molecular formula is C7H5N3O2. The Morgan fingerprint density at radius 1 is 1.50 bits per heavy atom. The van der Waals surface area contributed by atoms with Crippen LogP contribution in [-0.4, -0.2) is 16.8 Å². The summed E-state index contributed by atoms with van der Waals surface area (Å²) in [5, 5.41) is 17.8. The van der Waals surface area contributed by atoms with Crippen molar-refractivity contribution in [3.8, 4) is 0 Å². The first-order valence-electron chi connectivity index (χ1n) is 3.43. The summed E-state index contributed by atoms with van der Waals surface area (Å²) in [6, 6.07) is 0. The fraction of sp³-hybridized carbons (Fsp3) is 0.143. The van der Waals surface area contributed by atoms with E-state index in [4.69, 9.17) is 0 Å². The summed E-state index contributed by atoms with van der Waals surface area (Å²) in [5.41, 5.74) is 1.73. The summed E-state index contributed by atoms with van der Waals surface area (Å²) in [7, 11) is 0. The summed E-state index contributed by atoms with van der Waals surface area (Å²) < 4.78 is 0. The summed E-state index contributed by atoms with van der Waals surface area (Å²) in [5.74, 6) is 0. The van der Waals surface area contributed by atoms with Gasteiger partial charge in [-0.1, -0.05) is 0 Å². The molecule has 0 aromatic carbocycles. The number of fused-ring (bicyclic) bond motifs is 1. The molecule has 5 nitrogen and oxygen atoms in total. The molecule has 0 aromatic rings. The zero-order chi connectivity index (χ0) is 8.55. The van der Waals surface area contributed by atoms with Gasteiger partial charge in [0.1, 0.15) is 0 Å². The Morgan fingerprint density at radius 2 is 2.33 bits per heavy atom. The summed E-state index contributed by atoms with van der Waals surface area (Å²) in [6.07, 6.45) is 5.03. The molecule has 0 saturated carbocycles. The van der Waals surface area contributed by atoms with Crippen molar-refractivity contribution >= 4 is 11.9 Å². The standard InChI is InChI=1S/C7H5N3O2/c11-10(12)6-2-1-5-4-8-9-7(5)3-6/h1-2,4H,3H2. The zero-order valence-electron chi connectivity index (χ0n) is 6.10. The lowest BCUT2D eigenvalue weighted by molar-refractivity contribution is -0.426. The molecule has 0 unspecified atom stereocenters. The Hall–Kier alpha value is -1.78. The molecule has 60 valence electrons. The Bertz CT molecular complexity index is 363. The number of hydrogen-bond acceptors (Lipinski definition) is 4. The van der Waals surface area contributed by atoms with E-state index in [1.54, 1.807) is 12.3 Å². The Balaban J connectivity index is 2.33. The third kappa shape index (κ3) is 0.952. The van der Waals surface area contributed by atoms with Crippen LogP contribution in [0.2, 0.25) is 0 Å². The van der Waals surface area contributed by atoms with E-state index in [1.165, 1.54) is 6.08 Å². The van der Waals surface area contributed by atoms with Crippen molar-refractivity contribution in [3.05, 3.63) is 33.5 Å². The van der Waals surface area contributed by atoms with Crippen LogP contribution in [0, 0.1) is 10.1 Å². The second kappa shape index (κ2) is 2.37. The van der Waals surface area contributed by atoms with Crippen LogP contribution in [0.4, 0.5) is 0 Å². The fourth-order valence-electron chi connectivity index (χ4n) is 1.11. The maximum absolute atomic E-state index is 10.4. The topological polar surface area (TPSA) is 67.9 Å². The largest absolute Gasteiger partial charge is 0.259 e. The highest BCUT2D eigenvalue weighted by atomic mass is 16.6. The molecular weight excluding hydrogens is 158 g/mol. The van der Waals surface area contributed by atoms with Gasteiger partial charge in [-0.2, -0.15) is 10.2 Å². The van der Waals surface area contributed by atoms with E-state index in [2.05, 4.69) is 10.2 Å². The van der Waals surface area contributed by atoms with Crippen LogP contribution in [0.1, 0.15) is 6.42 Å². The Labute approximate surface area is 68.0 Å². The summed E-state index contributed by atoms with van der Waals surface area (Å²) in [6.45, 7) is 0. The number of hydrogen-bond donors (Lipinski definition) is 0. The van der Waals surface area contributed by atoms with Crippen molar-refractivity contribution in [2.24, 2.45) is 10.2 Å². The maximum atomic E-state index is 10.4. The van der Waals surface area contributed by atoms with Crippen molar-refractivity contribution in [2.75, 3.05) is 0 Å². The molecule has 2 rings (SSSR count). The average Bonchev–Trinajstić information content (AvgIpc) is 2.49. The molecule has 0 atom stereocenters. The van der Waals surface area contributed by atoms with Gasteiger partial charge in [0.15, 0.2) is 0 Å². The minimum atomic E-state index is -0.395. The van der Waals surface area contributed by atoms with Crippen LogP contribution in [0.15, 0.2) is 33.6 Å². The van der Waals surface area contributed by atoms with E-state index in [0.717, 1.165) is 5.57 Å². The molecule has 0 aromatic heterocycles. The summed E-state index contributed by atoms with van der Waals surface area (Å²) in [4.78, 5) is 9.96. The highest BCUT2D eigenvalue weighted by molar-refractivity contribution is 6.19. The molecule has 0 radical (unpaired) electrons. The predicted molar refractivity (Wildman–Crippen MR) is 43.7 cm³/mol. The molecule has 1 heterocycles. The first-order chi connectivity index (χ1) is 5.77. The van der Waals surface area contributed by atoms with E-state index < -0.39 is 4.92 Å². The molecule has 1 aliphatic heterocycles. The monoisotopic (exact) mass is 163 g/mol. The number of nitrogens with zero attached hydrogens (tertiary/aromatic N) is 3. The summed E-state index contributed by atoms with van der Waals surface area (Å²) >= 11 is 0. The van der Waals surface area contributed by atoms with Crippen LogP contribution < -0.4 is 0 Å². The van der Waals surface area contributed by atoms with Gasteiger partial charge in [0.25, 0.3) is 5.70 Å². The maximum Gasteiger partial charge on any atom is 0.252 e. The van der Waals surface area contributed by atoms with Gasteiger partial charge >= 0.3 is 0 Å². The SMILES string of the molecule is O=[N+]([O-])C1=CC=C2C=NN=C2C1. The van der Waals surface area contributed by atoms with E-state index in [-0.39, 0.29) is 12.1 Å². The van der Waals surface area contributed by atoms with Gasteiger partial charge in [-0.3, -0.25) is 10.1 Å². The van der Waals surface area contributed by atoms with Gasteiger partial charge in [-0.25, -0.2) is 0 Å². The van der Waals surface area contributed by atoms with E-state index >= 15 is 0 Å². The molecule has 0 saturated heterocycles. The number of nitro groups is 1. The lowest BCUT2D eigenvalue weighted by Crippen LogP contribution is -2.11. The lowest BCUT2D eigenvalue weighted by Gasteiger charge is -2.03. The predicted octanol–water partition coefficient (Wildman–Crippen LogP) is 0.917. The van der Waals surface area contributed by atoms with Gasteiger partial charge in [0.05, 0.1) is 23.3 Å². The normalized spacial score (nSPS) is 19.5. The fourth-order valence-corrected chi connectivity index (χ4v) is 1.11.